The molecule has 0 saturated heterocycles. The molecule has 0 aromatic carbocycles. The molecule has 0 radical (unpaired) electrons. The van der Waals surface area contributed by atoms with E-state index in [9.17, 15) is 0 Å². The smallest absolute Gasteiger partial charge is 0.137 e. The van der Waals surface area contributed by atoms with Gasteiger partial charge in [-0.25, -0.2) is 0 Å². The van der Waals surface area contributed by atoms with E-state index in [2.05, 4.69) is 18.0 Å². The van der Waals surface area contributed by atoms with Crippen molar-refractivity contribution in [1.82, 2.24) is 4.98 Å². The zero-order valence-electron chi connectivity index (χ0n) is 9.86. The van der Waals surface area contributed by atoms with Gasteiger partial charge in [0, 0.05) is 18.2 Å². The average Bonchev–Trinajstić information content (AvgIpc) is 2.73. The van der Waals surface area contributed by atoms with Crippen molar-refractivity contribution < 1.29 is 4.74 Å². The van der Waals surface area contributed by atoms with Gasteiger partial charge in [0.15, 0.2) is 0 Å². The molecule has 1 aliphatic carbocycles. The van der Waals surface area contributed by atoms with Gasteiger partial charge in [-0.1, -0.05) is 13.3 Å². The molecule has 1 aromatic heterocycles. The number of aromatic nitrogens is 1. The first kappa shape index (κ1) is 11.4. The van der Waals surface area contributed by atoms with Crippen LogP contribution < -0.4 is 10.5 Å². The third-order valence-electron chi connectivity index (χ3n) is 3.20. The van der Waals surface area contributed by atoms with Gasteiger partial charge >= 0.3 is 0 Å². The molecule has 1 saturated carbocycles. The number of nitrogens with two attached hydrogens (primary N) is 1. The summed E-state index contributed by atoms with van der Waals surface area (Å²) in [6, 6.07) is 2.39. The maximum Gasteiger partial charge on any atom is 0.137 e. The van der Waals surface area contributed by atoms with Crippen LogP contribution in [0.5, 0.6) is 5.75 Å². The quantitative estimate of drug-likeness (QED) is 0.848. The van der Waals surface area contributed by atoms with Crippen molar-refractivity contribution in [2.45, 2.75) is 44.6 Å². The number of hydrogen-bond acceptors (Lipinski definition) is 3. The number of ether oxygens (including phenoxy) is 1. The van der Waals surface area contributed by atoms with Crippen molar-refractivity contribution >= 4 is 0 Å². The maximum atomic E-state index is 6.09. The Morgan fingerprint density at radius 1 is 1.44 bits per heavy atom. The first-order valence-corrected chi connectivity index (χ1v) is 6.14. The van der Waals surface area contributed by atoms with Crippen molar-refractivity contribution in [3.05, 3.63) is 24.0 Å². The molecule has 2 N–H and O–H groups in total. The lowest BCUT2D eigenvalue weighted by Gasteiger charge is -2.16. The van der Waals surface area contributed by atoms with Crippen LogP contribution in [0, 0.1) is 0 Å². The van der Waals surface area contributed by atoms with E-state index < -0.39 is 0 Å². The molecule has 1 aromatic rings. The number of hydrogen-bond donors (Lipinski definition) is 1. The van der Waals surface area contributed by atoms with Gasteiger partial charge in [0.25, 0.3) is 0 Å². The average molecular weight is 220 g/mol. The summed E-state index contributed by atoms with van der Waals surface area (Å²) < 4.78 is 5.59. The normalized spacial score (nSPS) is 24.6. The van der Waals surface area contributed by atoms with E-state index >= 15 is 0 Å². The molecule has 0 bridgehead atoms. The molecule has 88 valence electrons. The third kappa shape index (κ3) is 2.53. The Hall–Kier alpha value is -1.09. The topological polar surface area (TPSA) is 48.1 Å². The van der Waals surface area contributed by atoms with Gasteiger partial charge in [0.05, 0.1) is 12.8 Å². The first-order chi connectivity index (χ1) is 7.81. The van der Waals surface area contributed by atoms with E-state index in [0.717, 1.165) is 25.2 Å². The lowest BCUT2D eigenvalue weighted by Crippen LogP contribution is -2.22. The van der Waals surface area contributed by atoms with E-state index in [0.29, 0.717) is 12.0 Å². The summed E-state index contributed by atoms with van der Waals surface area (Å²) in [5.41, 5.74) is 7.33. The summed E-state index contributed by atoms with van der Waals surface area (Å²) in [6.07, 6.45) is 8.26. The largest absolute Gasteiger partial charge is 0.492 e. The fourth-order valence-corrected chi connectivity index (χ4v) is 2.34. The first-order valence-electron chi connectivity index (χ1n) is 6.14. The molecule has 1 aliphatic rings. The highest BCUT2D eigenvalue weighted by atomic mass is 16.5. The molecule has 0 aliphatic heterocycles. The second-order valence-electron chi connectivity index (χ2n) is 4.50. The summed E-state index contributed by atoms with van der Waals surface area (Å²) >= 11 is 0. The molecule has 1 fully saturated rings. The number of rotatable bonds is 4. The molecule has 3 nitrogen and oxygen atoms in total. The fourth-order valence-electron chi connectivity index (χ4n) is 2.34. The van der Waals surface area contributed by atoms with Crippen molar-refractivity contribution in [2.75, 3.05) is 6.61 Å². The minimum Gasteiger partial charge on any atom is -0.492 e. The Kier molecular flexibility index (Phi) is 3.78. The van der Waals surface area contributed by atoms with E-state index in [1.807, 2.05) is 6.20 Å². The maximum absolute atomic E-state index is 6.09. The molecule has 2 atom stereocenters. The zero-order valence-corrected chi connectivity index (χ0v) is 9.86. The van der Waals surface area contributed by atoms with Crippen molar-refractivity contribution in [3.63, 3.8) is 0 Å². The second kappa shape index (κ2) is 5.30. The third-order valence-corrected chi connectivity index (χ3v) is 3.20. The molecule has 0 spiro atoms. The van der Waals surface area contributed by atoms with Crippen molar-refractivity contribution in [2.24, 2.45) is 5.73 Å². The van der Waals surface area contributed by atoms with Gasteiger partial charge in [0.1, 0.15) is 5.75 Å². The Morgan fingerprint density at radius 3 is 3.00 bits per heavy atom. The molecule has 16 heavy (non-hydrogen) atoms. The van der Waals surface area contributed by atoms with E-state index in [4.69, 9.17) is 10.5 Å². The van der Waals surface area contributed by atoms with Crippen LogP contribution in [-0.2, 0) is 0 Å². The van der Waals surface area contributed by atoms with Gasteiger partial charge in [0.2, 0.25) is 0 Å². The van der Waals surface area contributed by atoms with Crippen LogP contribution in [0.2, 0.25) is 0 Å². The fraction of sp³-hybridized carbons (Fsp3) is 0.615. The number of pyridine rings is 1. The zero-order chi connectivity index (χ0) is 11.4. The van der Waals surface area contributed by atoms with Crippen molar-refractivity contribution in [3.8, 4) is 5.75 Å². The minimum atomic E-state index is 0.295. The second-order valence-corrected chi connectivity index (χ2v) is 4.50. The highest BCUT2D eigenvalue weighted by Crippen LogP contribution is 2.34. The van der Waals surface area contributed by atoms with Crippen molar-refractivity contribution in [1.29, 1.82) is 0 Å². The van der Waals surface area contributed by atoms with Crippen LogP contribution in [0.3, 0.4) is 0 Å². The molecule has 3 heteroatoms. The summed E-state index contributed by atoms with van der Waals surface area (Å²) in [7, 11) is 0. The summed E-state index contributed by atoms with van der Waals surface area (Å²) in [4.78, 5) is 4.24. The van der Waals surface area contributed by atoms with Crippen LogP contribution >= 0.6 is 0 Å². The molecule has 0 amide bonds. The van der Waals surface area contributed by atoms with Crippen LogP contribution in [0.4, 0.5) is 0 Å². The molecule has 2 unspecified atom stereocenters. The van der Waals surface area contributed by atoms with Gasteiger partial charge in [-0.05, 0) is 30.9 Å². The molecule has 2 rings (SSSR count). The van der Waals surface area contributed by atoms with Gasteiger partial charge < -0.3 is 10.5 Å². The Bertz CT molecular complexity index is 340. The van der Waals surface area contributed by atoms with Crippen LogP contribution in [0.25, 0.3) is 0 Å². The minimum absolute atomic E-state index is 0.295. The Morgan fingerprint density at radius 2 is 2.31 bits per heavy atom. The summed E-state index contributed by atoms with van der Waals surface area (Å²) in [5.74, 6) is 1.34. The molecular weight excluding hydrogens is 200 g/mol. The lowest BCUT2D eigenvalue weighted by atomic mass is 9.96. The SMILES string of the molecule is CCCOc1cncc(C2CCCC2N)c1. The van der Waals surface area contributed by atoms with Gasteiger partial charge in [-0.3, -0.25) is 4.98 Å². The lowest BCUT2D eigenvalue weighted by molar-refractivity contribution is 0.315. The van der Waals surface area contributed by atoms with E-state index in [-0.39, 0.29) is 0 Å². The van der Waals surface area contributed by atoms with E-state index in [1.54, 1.807) is 6.20 Å². The highest BCUT2D eigenvalue weighted by Gasteiger charge is 2.25. The standard InChI is InChI=1S/C13H20N2O/c1-2-6-16-11-7-10(8-15-9-11)12-4-3-5-13(12)14/h7-9,12-13H,2-6,14H2,1H3. The van der Waals surface area contributed by atoms with Crippen LogP contribution in [-0.4, -0.2) is 17.6 Å². The predicted octanol–water partition coefficient (Wildman–Crippen LogP) is 2.47. The molecule has 1 heterocycles. The molecular formula is C13H20N2O. The van der Waals surface area contributed by atoms with Crippen LogP contribution in [0.15, 0.2) is 18.5 Å². The van der Waals surface area contributed by atoms with Gasteiger partial charge in [-0.2, -0.15) is 0 Å². The summed E-state index contributed by atoms with van der Waals surface area (Å²) in [5, 5.41) is 0. The highest BCUT2D eigenvalue weighted by molar-refractivity contribution is 5.28. The summed E-state index contributed by atoms with van der Waals surface area (Å²) in [6.45, 7) is 2.85. The predicted molar refractivity (Wildman–Crippen MR) is 64.6 cm³/mol. The number of nitrogens with zero attached hydrogens (tertiary/aromatic N) is 1. The van der Waals surface area contributed by atoms with Crippen LogP contribution in [0.1, 0.15) is 44.1 Å². The Labute approximate surface area is 97.0 Å². The van der Waals surface area contributed by atoms with Gasteiger partial charge in [-0.15, -0.1) is 0 Å². The van der Waals surface area contributed by atoms with E-state index in [1.165, 1.54) is 18.4 Å². The Balaban J connectivity index is 2.09. The monoisotopic (exact) mass is 220 g/mol.